The van der Waals surface area contributed by atoms with Gasteiger partial charge in [0.1, 0.15) is 0 Å². The lowest BCUT2D eigenvalue weighted by atomic mass is 10.2. The van der Waals surface area contributed by atoms with Crippen molar-refractivity contribution in [1.82, 2.24) is 10.6 Å². The van der Waals surface area contributed by atoms with Gasteiger partial charge in [-0.2, -0.15) is 0 Å². The molecule has 18 heavy (non-hydrogen) atoms. The van der Waals surface area contributed by atoms with E-state index in [-0.39, 0.29) is 25.3 Å². The van der Waals surface area contributed by atoms with Crippen molar-refractivity contribution in [2.45, 2.75) is 31.0 Å². The highest BCUT2D eigenvalue weighted by Gasteiger charge is 2.09. The minimum absolute atomic E-state index is 0.0114. The molecule has 5 nitrogen and oxygen atoms in total. The fourth-order valence-corrected chi connectivity index (χ4v) is 1.53. The predicted octanol–water partition coefficient (Wildman–Crippen LogP) is -0.599. The average molecular weight is 258 g/mol. The molecule has 2 unspecified atom stereocenters. The van der Waals surface area contributed by atoms with Gasteiger partial charge in [-0.25, -0.2) is 0 Å². The number of hydrogen-bond donors (Lipinski definition) is 5. The lowest BCUT2D eigenvalue weighted by Gasteiger charge is -2.19. The largest absolute Gasteiger partial charge is 0.396 e. The Bertz CT molecular complexity index is 202. The van der Waals surface area contributed by atoms with Crippen LogP contribution >= 0.6 is 0 Å². The van der Waals surface area contributed by atoms with E-state index >= 15 is 0 Å². The van der Waals surface area contributed by atoms with Gasteiger partial charge in [-0.05, 0) is 12.8 Å². The summed E-state index contributed by atoms with van der Waals surface area (Å²) in [6, 6.07) is 0.0228. The van der Waals surface area contributed by atoms with Crippen molar-refractivity contribution < 1.29 is 15.3 Å². The summed E-state index contributed by atoms with van der Waals surface area (Å²) in [5.74, 6) is 0. The monoisotopic (exact) mass is 258 g/mol. The zero-order valence-electron chi connectivity index (χ0n) is 10.9. The van der Waals surface area contributed by atoms with Crippen molar-refractivity contribution in [3.63, 3.8) is 0 Å². The lowest BCUT2D eigenvalue weighted by Crippen LogP contribution is -2.42. The Hall–Kier alpha value is -0.720. The van der Waals surface area contributed by atoms with Crippen LogP contribution in [0.4, 0.5) is 0 Å². The minimum atomic E-state index is -0.535. The molecule has 0 spiro atoms. The summed E-state index contributed by atoms with van der Waals surface area (Å²) in [6.45, 7) is 8.34. The maximum atomic E-state index is 9.76. The van der Waals surface area contributed by atoms with Crippen molar-refractivity contribution in [3.05, 3.63) is 25.3 Å². The van der Waals surface area contributed by atoms with E-state index in [1.165, 1.54) is 0 Å². The van der Waals surface area contributed by atoms with E-state index < -0.39 is 6.10 Å². The highest BCUT2D eigenvalue weighted by Crippen LogP contribution is 1.94. The molecule has 0 aliphatic carbocycles. The average Bonchev–Trinajstić information content (AvgIpc) is 2.39. The molecule has 2 atom stereocenters. The van der Waals surface area contributed by atoms with Crippen molar-refractivity contribution in [1.29, 1.82) is 0 Å². The number of hydrogen-bond acceptors (Lipinski definition) is 5. The van der Waals surface area contributed by atoms with Crippen LogP contribution in [0.1, 0.15) is 12.8 Å². The normalized spacial score (nSPS) is 15.9. The molecule has 0 rings (SSSR count). The smallest absolute Gasteiger partial charge is 0.0789 e. The van der Waals surface area contributed by atoms with Gasteiger partial charge in [0.25, 0.3) is 0 Å². The number of rotatable bonds is 12. The zero-order valence-corrected chi connectivity index (χ0v) is 10.9. The zero-order chi connectivity index (χ0) is 13.8. The Labute approximate surface area is 109 Å². The summed E-state index contributed by atoms with van der Waals surface area (Å²) in [4.78, 5) is 0. The van der Waals surface area contributed by atoms with Gasteiger partial charge in [-0.15, -0.1) is 13.2 Å². The molecule has 0 amide bonds. The molecule has 0 aromatic carbocycles. The van der Waals surface area contributed by atoms with Crippen molar-refractivity contribution in [2.75, 3.05) is 26.3 Å². The van der Waals surface area contributed by atoms with Crippen molar-refractivity contribution >= 4 is 0 Å². The van der Waals surface area contributed by atoms with Gasteiger partial charge < -0.3 is 26.0 Å². The molecule has 0 saturated heterocycles. The van der Waals surface area contributed by atoms with Gasteiger partial charge >= 0.3 is 0 Å². The molecule has 0 aromatic heterocycles. The quantitative estimate of drug-likeness (QED) is 0.302. The Morgan fingerprint density at radius 2 is 1.28 bits per heavy atom. The number of nitrogens with one attached hydrogen (secondary N) is 2. The van der Waals surface area contributed by atoms with Gasteiger partial charge in [-0.1, -0.05) is 12.2 Å². The second-order valence-corrected chi connectivity index (χ2v) is 4.18. The molecule has 5 N–H and O–H groups in total. The molecule has 0 aliphatic rings. The second-order valence-electron chi connectivity index (χ2n) is 4.18. The Morgan fingerprint density at radius 3 is 1.56 bits per heavy atom. The first kappa shape index (κ1) is 17.3. The van der Waals surface area contributed by atoms with E-state index in [0.29, 0.717) is 25.9 Å². The van der Waals surface area contributed by atoms with Crippen LogP contribution in [-0.2, 0) is 0 Å². The summed E-state index contributed by atoms with van der Waals surface area (Å²) < 4.78 is 0. The molecule has 0 radical (unpaired) electrons. The molecule has 0 fully saturated rings. The van der Waals surface area contributed by atoms with Gasteiger partial charge in [0.05, 0.1) is 6.10 Å². The highest BCUT2D eigenvalue weighted by atomic mass is 16.3. The van der Waals surface area contributed by atoms with Gasteiger partial charge in [0.2, 0.25) is 0 Å². The standard InChI is InChI=1S/C13H26N2O3/c1-3-11(5-7-16)14-9-13(18)10-15-12(4-2)6-8-17/h3-4,11-18H,1-2,5-10H2. The summed E-state index contributed by atoms with van der Waals surface area (Å²) in [5, 5.41) is 33.6. The van der Waals surface area contributed by atoms with E-state index in [1.54, 1.807) is 12.2 Å². The third kappa shape index (κ3) is 8.38. The molecule has 0 bridgehead atoms. The van der Waals surface area contributed by atoms with Crippen LogP contribution in [0.25, 0.3) is 0 Å². The molecule has 0 aliphatic heterocycles. The van der Waals surface area contributed by atoms with Gasteiger partial charge in [0, 0.05) is 38.4 Å². The molecule has 5 heteroatoms. The Balaban J connectivity index is 3.78. The predicted molar refractivity (Wildman–Crippen MR) is 73.4 cm³/mol. The SMILES string of the molecule is C=CC(CCO)NCC(O)CNC(C=C)CCO. The molecule has 106 valence electrons. The van der Waals surface area contributed by atoms with Crippen LogP contribution in [0, 0.1) is 0 Å². The first-order valence-electron chi connectivity index (χ1n) is 6.29. The van der Waals surface area contributed by atoms with E-state index in [4.69, 9.17) is 10.2 Å². The summed E-state index contributed by atoms with van der Waals surface area (Å²) in [6.07, 6.45) is 4.07. The minimum Gasteiger partial charge on any atom is -0.396 e. The first-order valence-corrected chi connectivity index (χ1v) is 6.29. The van der Waals surface area contributed by atoms with Crippen LogP contribution in [0.3, 0.4) is 0 Å². The Kier molecular flexibility index (Phi) is 10.9. The summed E-state index contributed by atoms with van der Waals surface area (Å²) in [7, 11) is 0. The first-order chi connectivity index (χ1) is 8.67. The van der Waals surface area contributed by atoms with E-state index in [1.807, 2.05) is 0 Å². The maximum Gasteiger partial charge on any atom is 0.0789 e. The molecule has 0 heterocycles. The van der Waals surface area contributed by atoms with Crippen molar-refractivity contribution in [3.8, 4) is 0 Å². The van der Waals surface area contributed by atoms with Crippen LogP contribution < -0.4 is 10.6 Å². The number of aliphatic hydroxyl groups is 3. The van der Waals surface area contributed by atoms with E-state index in [2.05, 4.69) is 23.8 Å². The van der Waals surface area contributed by atoms with E-state index in [9.17, 15) is 5.11 Å². The third-order valence-electron chi connectivity index (χ3n) is 2.68. The topological polar surface area (TPSA) is 84.8 Å². The van der Waals surface area contributed by atoms with Gasteiger partial charge in [-0.3, -0.25) is 0 Å². The second kappa shape index (κ2) is 11.4. The van der Waals surface area contributed by atoms with Gasteiger partial charge in [0.15, 0.2) is 0 Å². The lowest BCUT2D eigenvalue weighted by molar-refractivity contribution is 0.159. The van der Waals surface area contributed by atoms with E-state index in [0.717, 1.165) is 0 Å². The molecular weight excluding hydrogens is 232 g/mol. The van der Waals surface area contributed by atoms with Crippen LogP contribution in [-0.4, -0.2) is 59.8 Å². The highest BCUT2D eigenvalue weighted by molar-refractivity contribution is 4.88. The number of aliphatic hydroxyl groups excluding tert-OH is 3. The summed E-state index contributed by atoms with van der Waals surface area (Å²) in [5.41, 5.74) is 0. The van der Waals surface area contributed by atoms with Crippen LogP contribution in [0.15, 0.2) is 25.3 Å². The van der Waals surface area contributed by atoms with Crippen LogP contribution in [0.5, 0.6) is 0 Å². The maximum absolute atomic E-state index is 9.76. The van der Waals surface area contributed by atoms with Crippen LogP contribution in [0.2, 0.25) is 0 Å². The molecule has 0 aromatic rings. The Morgan fingerprint density at radius 1 is 0.889 bits per heavy atom. The molecule has 0 saturated carbocycles. The fraction of sp³-hybridized carbons (Fsp3) is 0.692. The fourth-order valence-electron chi connectivity index (χ4n) is 1.53. The van der Waals surface area contributed by atoms with Crippen molar-refractivity contribution in [2.24, 2.45) is 0 Å². The molecular formula is C13H26N2O3. The summed E-state index contributed by atoms with van der Waals surface area (Å²) >= 11 is 0. The third-order valence-corrected chi connectivity index (χ3v) is 2.68.